The highest BCUT2D eigenvalue weighted by atomic mass is 16.6. The largest absolute Gasteiger partial charge is 0.508 e. The average Bonchev–Trinajstić information content (AvgIpc) is 2.97. The number of phenols is 2. The minimum Gasteiger partial charge on any atom is -0.508 e. The second-order valence-corrected chi connectivity index (χ2v) is 7.32. The molecule has 8 nitrogen and oxygen atoms in total. The summed E-state index contributed by atoms with van der Waals surface area (Å²) in [6.07, 6.45) is 3.42. The number of benzene rings is 2. The smallest absolute Gasteiger partial charge is 0.302 e. The topological polar surface area (TPSA) is 95.0 Å². The molecule has 152 valence electrons. The lowest BCUT2D eigenvalue weighted by molar-refractivity contribution is -0.383. The molecule has 0 fully saturated rings. The number of nitrogens with zero attached hydrogens (tertiary/aromatic N) is 4. The van der Waals surface area contributed by atoms with Gasteiger partial charge in [0.2, 0.25) is 0 Å². The molecule has 8 heteroatoms. The molecule has 0 amide bonds. The lowest BCUT2D eigenvalue weighted by Gasteiger charge is -2.16. The van der Waals surface area contributed by atoms with E-state index in [2.05, 4.69) is 0 Å². The van der Waals surface area contributed by atoms with Crippen molar-refractivity contribution in [3.8, 4) is 17.2 Å². The zero-order chi connectivity index (χ0) is 21.3. The van der Waals surface area contributed by atoms with Crippen molar-refractivity contribution in [1.29, 1.82) is 0 Å². The fourth-order valence-corrected chi connectivity index (χ4v) is 3.34. The summed E-state index contributed by atoms with van der Waals surface area (Å²) in [6, 6.07) is 9.51. The minimum atomic E-state index is -0.398. The highest BCUT2D eigenvalue weighted by Crippen LogP contribution is 2.41. The number of nitro groups is 1. The van der Waals surface area contributed by atoms with E-state index in [0.29, 0.717) is 34.4 Å². The van der Waals surface area contributed by atoms with E-state index in [1.165, 1.54) is 18.2 Å². The number of aromatic nitrogens is 1. The fraction of sp³-hybridized carbons (Fsp3) is 0.238. The number of hydrogen-bond acceptors (Lipinski definition) is 6. The molecule has 0 aliphatic heterocycles. The van der Waals surface area contributed by atoms with Gasteiger partial charge in [-0.25, -0.2) is 0 Å². The normalized spacial score (nSPS) is 11.6. The molecule has 0 unspecified atom stereocenters. The van der Waals surface area contributed by atoms with Gasteiger partial charge in [0.15, 0.2) is 0 Å². The van der Waals surface area contributed by atoms with Crippen molar-refractivity contribution < 1.29 is 15.1 Å². The molecule has 29 heavy (non-hydrogen) atoms. The third kappa shape index (κ3) is 3.88. The van der Waals surface area contributed by atoms with Crippen molar-refractivity contribution in [3.63, 3.8) is 0 Å². The van der Waals surface area contributed by atoms with Gasteiger partial charge in [-0.15, -0.1) is 0 Å². The molecule has 0 spiro atoms. The summed E-state index contributed by atoms with van der Waals surface area (Å²) in [6.45, 7) is 0.402. The average molecular weight is 396 g/mol. The van der Waals surface area contributed by atoms with Gasteiger partial charge in [-0.05, 0) is 56.6 Å². The highest BCUT2D eigenvalue weighted by Gasteiger charge is 2.28. The molecule has 3 rings (SSSR count). The first-order chi connectivity index (χ1) is 13.7. The molecular formula is C21H24N4O4. The third-order valence-electron chi connectivity index (χ3n) is 4.52. The van der Waals surface area contributed by atoms with E-state index in [1.54, 1.807) is 39.9 Å². The molecule has 0 saturated heterocycles. The number of hydrogen-bond donors (Lipinski definition) is 2. The van der Waals surface area contributed by atoms with Gasteiger partial charge in [-0.1, -0.05) is 0 Å². The van der Waals surface area contributed by atoms with Crippen LogP contribution in [0.5, 0.6) is 11.5 Å². The van der Waals surface area contributed by atoms with E-state index in [9.17, 15) is 20.3 Å². The number of aromatic hydroxyl groups is 2. The molecular weight excluding hydrogens is 372 g/mol. The van der Waals surface area contributed by atoms with Crippen LogP contribution >= 0.6 is 0 Å². The number of fused-ring (bicyclic) bond motifs is 1. The first-order valence-electron chi connectivity index (χ1n) is 9.03. The van der Waals surface area contributed by atoms with Gasteiger partial charge in [0, 0.05) is 38.1 Å². The van der Waals surface area contributed by atoms with E-state index in [4.69, 9.17) is 0 Å². The van der Waals surface area contributed by atoms with Crippen LogP contribution in [0.1, 0.15) is 11.3 Å². The van der Waals surface area contributed by atoms with Gasteiger partial charge in [0.25, 0.3) is 0 Å². The van der Waals surface area contributed by atoms with Crippen LogP contribution in [-0.2, 0) is 6.54 Å². The molecule has 3 aromatic rings. The maximum absolute atomic E-state index is 12.0. The second kappa shape index (κ2) is 7.84. The lowest BCUT2D eigenvalue weighted by atomic mass is 10.1. The number of phenolic OH excluding ortho intramolecular Hbond substituents is 2. The van der Waals surface area contributed by atoms with E-state index in [0.717, 1.165) is 0 Å². The third-order valence-corrected chi connectivity index (χ3v) is 4.52. The van der Waals surface area contributed by atoms with Crippen molar-refractivity contribution in [2.75, 3.05) is 28.2 Å². The van der Waals surface area contributed by atoms with E-state index >= 15 is 0 Å². The quantitative estimate of drug-likeness (QED) is 0.489. The van der Waals surface area contributed by atoms with Gasteiger partial charge in [-0.2, -0.15) is 0 Å². The molecule has 1 heterocycles. The van der Waals surface area contributed by atoms with Gasteiger partial charge >= 0.3 is 5.69 Å². The Balaban J connectivity index is 2.50. The van der Waals surface area contributed by atoms with Crippen molar-refractivity contribution in [1.82, 2.24) is 14.4 Å². The Bertz CT molecular complexity index is 1080. The zero-order valence-corrected chi connectivity index (χ0v) is 16.8. The fourth-order valence-electron chi connectivity index (χ4n) is 3.34. The molecule has 0 saturated carbocycles. The zero-order valence-electron chi connectivity index (χ0n) is 16.8. The van der Waals surface area contributed by atoms with Crippen LogP contribution < -0.4 is 0 Å². The highest BCUT2D eigenvalue weighted by molar-refractivity contribution is 5.99. The van der Waals surface area contributed by atoms with Gasteiger partial charge in [0.1, 0.15) is 17.2 Å². The molecule has 0 atom stereocenters. The summed E-state index contributed by atoms with van der Waals surface area (Å²) in [5.41, 5.74) is 2.15. The van der Waals surface area contributed by atoms with Crippen LogP contribution in [0.4, 0.5) is 5.69 Å². The summed E-state index contributed by atoms with van der Waals surface area (Å²) >= 11 is 0. The SMILES string of the molecule is CN(C)C=Cc1c([N+](=O)[O-])c2ccc(O)c(CN(C)C)c2n1-c1ccc(O)cc1. The van der Waals surface area contributed by atoms with Crippen LogP contribution in [0.2, 0.25) is 0 Å². The predicted molar refractivity (Wildman–Crippen MR) is 113 cm³/mol. The van der Waals surface area contributed by atoms with Crippen LogP contribution in [0.15, 0.2) is 42.6 Å². The summed E-state index contributed by atoms with van der Waals surface area (Å²) < 4.78 is 1.76. The standard InChI is InChI=1S/C21H24N4O4/c1-22(2)12-11-18-21(25(28)29)16-9-10-19(27)17(13-23(3)4)20(16)24(18)14-5-7-15(26)8-6-14/h5-12,26-27H,13H2,1-4H3. The summed E-state index contributed by atoms with van der Waals surface area (Å²) in [4.78, 5) is 15.3. The molecule has 0 bridgehead atoms. The summed E-state index contributed by atoms with van der Waals surface area (Å²) in [5.74, 6) is 0.170. The van der Waals surface area contributed by atoms with Gasteiger partial charge in [-0.3, -0.25) is 10.1 Å². The molecule has 2 N–H and O–H groups in total. The molecule has 0 aliphatic carbocycles. The Labute approximate surface area is 168 Å². The molecule has 2 aromatic carbocycles. The van der Waals surface area contributed by atoms with Crippen LogP contribution in [0.3, 0.4) is 0 Å². The van der Waals surface area contributed by atoms with E-state index in [1.807, 2.05) is 33.1 Å². The maximum Gasteiger partial charge on any atom is 0.302 e. The Hall–Kier alpha value is -3.52. The van der Waals surface area contributed by atoms with Gasteiger partial charge < -0.3 is 24.6 Å². The Kier molecular flexibility index (Phi) is 5.47. The summed E-state index contributed by atoms with van der Waals surface area (Å²) in [7, 11) is 7.40. The van der Waals surface area contributed by atoms with Gasteiger partial charge in [0.05, 0.1) is 15.8 Å². The van der Waals surface area contributed by atoms with Crippen molar-refractivity contribution in [2.45, 2.75) is 6.54 Å². The number of rotatable bonds is 6. The monoisotopic (exact) mass is 396 g/mol. The Morgan fingerprint density at radius 3 is 2.28 bits per heavy atom. The van der Waals surface area contributed by atoms with Crippen molar-refractivity contribution >= 4 is 22.7 Å². The first kappa shape index (κ1) is 20.2. The second-order valence-electron chi connectivity index (χ2n) is 7.32. The first-order valence-corrected chi connectivity index (χ1v) is 9.03. The molecule has 0 radical (unpaired) electrons. The van der Waals surface area contributed by atoms with Crippen molar-refractivity contribution in [2.24, 2.45) is 0 Å². The van der Waals surface area contributed by atoms with E-state index < -0.39 is 4.92 Å². The van der Waals surface area contributed by atoms with Crippen LogP contribution in [0.25, 0.3) is 22.7 Å². The molecule has 1 aromatic heterocycles. The predicted octanol–water partition coefficient (Wildman–Crippen LogP) is 3.54. The minimum absolute atomic E-state index is 0.0359. The van der Waals surface area contributed by atoms with Crippen LogP contribution in [-0.4, -0.2) is 57.7 Å². The lowest BCUT2D eigenvalue weighted by Crippen LogP contribution is -2.12. The Morgan fingerprint density at radius 2 is 1.72 bits per heavy atom. The van der Waals surface area contributed by atoms with E-state index in [-0.39, 0.29) is 17.2 Å². The maximum atomic E-state index is 12.0. The Morgan fingerprint density at radius 1 is 1.07 bits per heavy atom. The summed E-state index contributed by atoms with van der Waals surface area (Å²) in [5, 5.41) is 32.7. The van der Waals surface area contributed by atoms with Crippen LogP contribution in [0, 0.1) is 10.1 Å². The molecule has 0 aliphatic rings. The van der Waals surface area contributed by atoms with Crippen molar-refractivity contribution in [3.05, 3.63) is 64.0 Å².